The lowest BCUT2D eigenvalue weighted by molar-refractivity contribution is -0.115. The minimum absolute atomic E-state index is 0.112. The first-order chi connectivity index (χ1) is 10.2. The summed E-state index contributed by atoms with van der Waals surface area (Å²) in [6, 6.07) is 14.6. The molecule has 0 bridgehead atoms. The Morgan fingerprint density at radius 3 is 2.76 bits per heavy atom. The summed E-state index contributed by atoms with van der Waals surface area (Å²) < 4.78 is 0. The van der Waals surface area contributed by atoms with Crippen molar-refractivity contribution in [2.24, 2.45) is 5.73 Å². The Labute approximate surface area is 129 Å². The van der Waals surface area contributed by atoms with Gasteiger partial charge >= 0.3 is 0 Å². The molecule has 0 spiro atoms. The molecule has 106 valence electrons. The molecule has 0 aliphatic heterocycles. The summed E-state index contributed by atoms with van der Waals surface area (Å²) in [7, 11) is 0. The van der Waals surface area contributed by atoms with E-state index in [0.717, 1.165) is 11.1 Å². The summed E-state index contributed by atoms with van der Waals surface area (Å²) in [5.41, 5.74) is 7.67. The van der Waals surface area contributed by atoms with Crippen molar-refractivity contribution < 1.29 is 4.79 Å². The van der Waals surface area contributed by atoms with Crippen LogP contribution in [0.3, 0.4) is 0 Å². The number of carbonyl (C=O) groups excluding carboxylic acids is 1. The maximum Gasteiger partial charge on any atom is 0.228 e. The van der Waals surface area contributed by atoms with Crippen LogP contribution in [0.15, 0.2) is 48.5 Å². The molecule has 0 aliphatic rings. The number of halogens is 1. The topological polar surface area (TPSA) is 55.1 Å². The zero-order valence-electron chi connectivity index (χ0n) is 11.4. The Hall–Kier alpha value is -2.28. The van der Waals surface area contributed by atoms with Crippen molar-refractivity contribution in [3.05, 3.63) is 64.7 Å². The zero-order valence-corrected chi connectivity index (χ0v) is 12.2. The fourth-order valence-corrected chi connectivity index (χ4v) is 2.09. The van der Waals surface area contributed by atoms with E-state index in [1.807, 2.05) is 36.4 Å². The molecule has 0 fully saturated rings. The summed E-state index contributed by atoms with van der Waals surface area (Å²) >= 11 is 5.91. The molecule has 0 aromatic heterocycles. The highest BCUT2D eigenvalue weighted by Gasteiger charge is 2.06. The molecule has 0 unspecified atom stereocenters. The third-order valence-corrected chi connectivity index (χ3v) is 3.02. The molecule has 2 aromatic carbocycles. The molecule has 0 saturated carbocycles. The molecule has 0 heterocycles. The Balaban J connectivity index is 2.09. The molecule has 0 saturated heterocycles. The molecule has 2 aromatic rings. The summed E-state index contributed by atoms with van der Waals surface area (Å²) in [6.07, 6.45) is 0.263. The van der Waals surface area contributed by atoms with Crippen LogP contribution in [0.5, 0.6) is 0 Å². The molecule has 2 rings (SSSR count). The van der Waals surface area contributed by atoms with Crippen molar-refractivity contribution in [2.75, 3.05) is 11.9 Å². The minimum atomic E-state index is -0.112. The smallest absolute Gasteiger partial charge is 0.228 e. The normalized spacial score (nSPS) is 9.62. The van der Waals surface area contributed by atoms with Crippen molar-refractivity contribution in [1.82, 2.24) is 0 Å². The number of anilines is 1. The van der Waals surface area contributed by atoms with Crippen molar-refractivity contribution in [2.45, 2.75) is 6.42 Å². The van der Waals surface area contributed by atoms with Gasteiger partial charge in [0.25, 0.3) is 0 Å². The molecular formula is C17H15ClN2O. The third-order valence-electron chi connectivity index (χ3n) is 2.78. The Morgan fingerprint density at radius 2 is 2.00 bits per heavy atom. The van der Waals surface area contributed by atoms with Gasteiger partial charge in [-0.2, -0.15) is 0 Å². The van der Waals surface area contributed by atoms with Gasteiger partial charge in [-0.3, -0.25) is 4.79 Å². The SMILES string of the molecule is NCC#Cc1ccccc1NC(=O)Cc1cccc(Cl)c1. The molecular weight excluding hydrogens is 284 g/mol. The number of amides is 1. The summed E-state index contributed by atoms with van der Waals surface area (Å²) in [5, 5.41) is 3.48. The molecule has 0 aliphatic carbocycles. The number of rotatable bonds is 3. The predicted octanol–water partition coefficient (Wildman–Crippen LogP) is 2.83. The van der Waals surface area contributed by atoms with Gasteiger partial charge in [0.2, 0.25) is 5.91 Å². The maximum atomic E-state index is 12.1. The van der Waals surface area contributed by atoms with E-state index < -0.39 is 0 Å². The van der Waals surface area contributed by atoms with E-state index in [1.54, 1.807) is 12.1 Å². The monoisotopic (exact) mass is 298 g/mol. The summed E-state index contributed by atoms with van der Waals surface area (Å²) in [4.78, 5) is 12.1. The van der Waals surface area contributed by atoms with Crippen LogP contribution in [0.1, 0.15) is 11.1 Å². The average Bonchev–Trinajstić information content (AvgIpc) is 2.46. The number of carbonyl (C=O) groups is 1. The second-order valence-corrected chi connectivity index (χ2v) is 4.84. The van der Waals surface area contributed by atoms with Crippen LogP contribution < -0.4 is 11.1 Å². The minimum Gasteiger partial charge on any atom is -0.325 e. The van der Waals surface area contributed by atoms with Gasteiger partial charge in [-0.1, -0.05) is 47.7 Å². The quantitative estimate of drug-likeness (QED) is 0.856. The van der Waals surface area contributed by atoms with Gasteiger partial charge in [0.05, 0.1) is 18.7 Å². The third kappa shape index (κ3) is 4.64. The Bertz CT molecular complexity index is 701. The molecule has 4 heteroatoms. The summed E-state index contributed by atoms with van der Waals surface area (Å²) in [5.74, 6) is 5.61. The second kappa shape index (κ2) is 7.49. The van der Waals surface area contributed by atoms with Crippen LogP contribution in [0.25, 0.3) is 0 Å². The highest BCUT2D eigenvalue weighted by atomic mass is 35.5. The van der Waals surface area contributed by atoms with Gasteiger partial charge in [-0.15, -0.1) is 0 Å². The zero-order chi connectivity index (χ0) is 15.1. The first-order valence-corrected chi connectivity index (χ1v) is 6.89. The van der Waals surface area contributed by atoms with Crippen LogP contribution in [0, 0.1) is 11.8 Å². The number of hydrogen-bond acceptors (Lipinski definition) is 2. The van der Waals surface area contributed by atoms with Crippen molar-refractivity contribution >= 4 is 23.2 Å². The molecule has 0 atom stereocenters. The number of para-hydroxylation sites is 1. The van der Waals surface area contributed by atoms with Crippen LogP contribution in [0.4, 0.5) is 5.69 Å². The maximum absolute atomic E-state index is 12.1. The lowest BCUT2D eigenvalue weighted by atomic mass is 10.1. The Kier molecular flexibility index (Phi) is 5.39. The van der Waals surface area contributed by atoms with Crippen molar-refractivity contribution in [3.8, 4) is 11.8 Å². The Morgan fingerprint density at radius 1 is 1.19 bits per heavy atom. The predicted molar refractivity (Wildman–Crippen MR) is 86.2 cm³/mol. The lowest BCUT2D eigenvalue weighted by Crippen LogP contribution is -2.15. The van der Waals surface area contributed by atoms with Gasteiger partial charge in [-0.25, -0.2) is 0 Å². The number of benzene rings is 2. The van der Waals surface area contributed by atoms with Gasteiger partial charge in [0, 0.05) is 10.6 Å². The lowest BCUT2D eigenvalue weighted by Gasteiger charge is -2.07. The first-order valence-electron chi connectivity index (χ1n) is 6.51. The van der Waals surface area contributed by atoms with Gasteiger partial charge < -0.3 is 11.1 Å². The van der Waals surface area contributed by atoms with E-state index in [0.29, 0.717) is 10.7 Å². The fraction of sp³-hybridized carbons (Fsp3) is 0.118. The second-order valence-electron chi connectivity index (χ2n) is 4.41. The highest BCUT2D eigenvalue weighted by Crippen LogP contribution is 2.15. The van der Waals surface area contributed by atoms with Crippen LogP contribution in [-0.2, 0) is 11.2 Å². The van der Waals surface area contributed by atoms with E-state index in [9.17, 15) is 4.79 Å². The first kappa shape index (κ1) is 15.1. The summed E-state index contributed by atoms with van der Waals surface area (Å²) in [6.45, 7) is 0.283. The standard InChI is InChI=1S/C17H15ClN2O/c18-15-8-3-5-13(11-15)12-17(21)20-16-9-2-1-6-14(16)7-4-10-19/h1-3,5-6,8-9,11H,10,12,19H2,(H,20,21). The fourth-order valence-electron chi connectivity index (χ4n) is 1.87. The van der Waals surface area contributed by atoms with Gasteiger partial charge in [-0.05, 0) is 29.8 Å². The number of nitrogens with one attached hydrogen (secondary N) is 1. The van der Waals surface area contributed by atoms with Crippen molar-refractivity contribution in [1.29, 1.82) is 0 Å². The van der Waals surface area contributed by atoms with Crippen LogP contribution in [-0.4, -0.2) is 12.5 Å². The van der Waals surface area contributed by atoms with Crippen LogP contribution in [0.2, 0.25) is 5.02 Å². The largest absolute Gasteiger partial charge is 0.325 e. The molecule has 0 radical (unpaired) electrons. The van der Waals surface area contributed by atoms with Gasteiger partial charge in [0.1, 0.15) is 0 Å². The van der Waals surface area contributed by atoms with Gasteiger partial charge in [0.15, 0.2) is 0 Å². The van der Waals surface area contributed by atoms with E-state index in [2.05, 4.69) is 17.2 Å². The number of nitrogens with two attached hydrogens (primary N) is 1. The van der Waals surface area contributed by atoms with E-state index in [1.165, 1.54) is 0 Å². The molecule has 1 amide bonds. The van der Waals surface area contributed by atoms with E-state index >= 15 is 0 Å². The van der Waals surface area contributed by atoms with Crippen LogP contribution >= 0.6 is 11.6 Å². The van der Waals surface area contributed by atoms with Crippen molar-refractivity contribution in [3.63, 3.8) is 0 Å². The van der Waals surface area contributed by atoms with E-state index in [-0.39, 0.29) is 18.9 Å². The molecule has 21 heavy (non-hydrogen) atoms. The number of hydrogen-bond donors (Lipinski definition) is 2. The van der Waals surface area contributed by atoms with E-state index in [4.69, 9.17) is 17.3 Å². The average molecular weight is 299 g/mol. The highest BCUT2D eigenvalue weighted by molar-refractivity contribution is 6.30. The molecule has 3 N–H and O–H groups in total. The molecule has 3 nitrogen and oxygen atoms in total.